The van der Waals surface area contributed by atoms with Gasteiger partial charge in [0.2, 0.25) is 6.23 Å². The van der Waals surface area contributed by atoms with Crippen LogP contribution in [0.4, 0.5) is 4.79 Å². The number of hydrogen-bond acceptors (Lipinski definition) is 3. The highest BCUT2D eigenvalue weighted by Gasteiger charge is 2.48. The second-order valence-corrected chi connectivity index (χ2v) is 5.44. The van der Waals surface area contributed by atoms with Crippen LogP contribution >= 0.6 is 0 Å². The fraction of sp³-hybridized carbons (Fsp3) is 0.500. The molecule has 0 N–H and O–H groups in total. The lowest BCUT2D eigenvalue weighted by molar-refractivity contribution is 0.128. The summed E-state index contributed by atoms with van der Waals surface area (Å²) in [5.41, 5.74) is 1.03. The Morgan fingerprint density at radius 3 is 2.47 bits per heavy atom. The lowest BCUT2D eigenvalue weighted by Gasteiger charge is -2.16. The van der Waals surface area contributed by atoms with Crippen LogP contribution in [0.1, 0.15) is 11.8 Å². The molecule has 1 aromatic rings. The number of hydrogen-bond donors (Lipinski definition) is 0. The topological polar surface area (TPSA) is 45.1 Å². The van der Waals surface area contributed by atoms with Gasteiger partial charge in [-0.3, -0.25) is 0 Å². The molecule has 19 heavy (non-hydrogen) atoms. The maximum Gasteiger partial charge on any atom is 0.346 e. The number of likely N-dealkylation sites (tertiary alicyclic amines) is 1. The molecule has 3 saturated heterocycles. The quantitative estimate of drug-likeness (QED) is 0.721. The highest BCUT2D eigenvalue weighted by molar-refractivity contribution is 5.75. The van der Waals surface area contributed by atoms with Crippen LogP contribution in [-0.4, -0.2) is 42.3 Å². The largest absolute Gasteiger partial charge is 0.381 e. The van der Waals surface area contributed by atoms with Gasteiger partial charge in [-0.15, -0.1) is 0 Å². The molecule has 3 heterocycles. The molecule has 5 nitrogen and oxygen atoms in total. The Kier molecular flexibility index (Phi) is 2.50. The summed E-state index contributed by atoms with van der Waals surface area (Å²) in [7, 11) is 0. The molecule has 5 heteroatoms. The second-order valence-electron chi connectivity index (χ2n) is 5.44. The Balaban J connectivity index is 1.41. The first kappa shape index (κ1) is 11.3. The van der Waals surface area contributed by atoms with E-state index in [1.165, 1.54) is 5.06 Å². The predicted molar refractivity (Wildman–Crippen MR) is 66.9 cm³/mol. The first-order valence-electron chi connectivity index (χ1n) is 6.70. The van der Waals surface area contributed by atoms with Gasteiger partial charge in [0.05, 0.1) is 13.2 Å². The fourth-order valence-corrected chi connectivity index (χ4v) is 3.02. The van der Waals surface area contributed by atoms with Crippen LogP contribution in [0.5, 0.6) is 0 Å². The maximum atomic E-state index is 12.3. The summed E-state index contributed by atoms with van der Waals surface area (Å²) in [6.45, 7) is 3.17. The third-order valence-corrected chi connectivity index (χ3v) is 4.16. The number of hydroxylamine groups is 2. The summed E-state index contributed by atoms with van der Waals surface area (Å²) in [6.07, 6.45) is -0.203. The molecule has 0 aliphatic carbocycles. The molecular formula is C14H16N2O3. The molecule has 0 spiro atoms. The fourth-order valence-electron chi connectivity index (χ4n) is 3.02. The molecular weight excluding hydrogens is 244 g/mol. The third-order valence-electron chi connectivity index (χ3n) is 4.16. The van der Waals surface area contributed by atoms with Crippen LogP contribution in [0.15, 0.2) is 30.3 Å². The van der Waals surface area contributed by atoms with Crippen LogP contribution in [0, 0.1) is 11.8 Å². The zero-order valence-corrected chi connectivity index (χ0v) is 10.6. The van der Waals surface area contributed by atoms with Crippen LogP contribution in [-0.2, 0) is 9.57 Å². The van der Waals surface area contributed by atoms with E-state index in [9.17, 15) is 4.79 Å². The lowest BCUT2D eigenvalue weighted by Crippen LogP contribution is -2.34. The number of nitrogens with zero attached hydrogens (tertiary/aromatic N) is 2. The van der Waals surface area contributed by atoms with E-state index < -0.39 is 0 Å². The van der Waals surface area contributed by atoms with Crippen molar-refractivity contribution in [2.75, 3.05) is 26.3 Å². The molecule has 4 rings (SSSR count). The summed E-state index contributed by atoms with van der Waals surface area (Å²) in [5.74, 6) is 1.03. The van der Waals surface area contributed by atoms with Crippen LogP contribution in [0.25, 0.3) is 0 Å². The zero-order valence-electron chi connectivity index (χ0n) is 10.6. The Hall–Kier alpha value is -1.59. The van der Waals surface area contributed by atoms with E-state index in [0.717, 1.165) is 31.9 Å². The molecule has 3 aliphatic heterocycles. The summed E-state index contributed by atoms with van der Waals surface area (Å²) < 4.78 is 5.42. The van der Waals surface area contributed by atoms with E-state index in [2.05, 4.69) is 0 Å². The van der Waals surface area contributed by atoms with E-state index in [1.54, 1.807) is 0 Å². The number of fused-ring (bicyclic) bond motifs is 1. The number of rotatable bonds is 1. The van der Waals surface area contributed by atoms with E-state index in [-0.39, 0.29) is 12.3 Å². The van der Waals surface area contributed by atoms with Crippen LogP contribution in [0.3, 0.4) is 0 Å². The minimum atomic E-state index is -0.203. The van der Waals surface area contributed by atoms with Gasteiger partial charge in [0.25, 0.3) is 0 Å². The smallest absolute Gasteiger partial charge is 0.346 e. The minimum absolute atomic E-state index is 0.0109. The van der Waals surface area contributed by atoms with Gasteiger partial charge in [0.1, 0.15) is 0 Å². The Labute approximate surface area is 111 Å². The van der Waals surface area contributed by atoms with Crippen molar-refractivity contribution < 1.29 is 14.4 Å². The van der Waals surface area contributed by atoms with Crippen molar-refractivity contribution in [1.82, 2.24) is 9.96 Å². The van der Waals surface area contributed by atoms with E-state index in [1.807, 2.05) is 35.2 Å². The van der Waals surface area contributed by atoms with Gasteiger partial charge >= 0.3 is 6.03 Å². The molecule has 3 atom stereocenters. The maximum absolute atomic E-state index is 12.3. The molecule has 3 aliphatic rings. The van der Waals surface area contributed by atoms with Crippen molar-refractivity contribution in [3.63, 3.8) is 0 Å². The minimum Gasteiger partial charge on any atom is -0.381 e. The van der Waals surface area contributed by atoms with E-state index >= 15 is 0 Å². The summed E-state index contributed by atoms with van der Waals surface area (Å²) in [5, 5.41) is 1.47. The molecule has 0 saturated carbocycles. The monoisotopic (exact) mass is 260 g/mol. The molecule has 0 radical (unpaired) electrons. The first-order chi connectivity index (χ1) is 9.33. The van der Waals surface area contributed by atoms with Gasteiger partial charge in [-0.05, 0) is 0 Å². The number of carbonyl (C=O) groups excluding carboxylic acids is 1. The summed E-state index contributed by atoms with van der Waals surface area (Å²) in [4.78, 5) is 19.6. The SMILES string of the molecule is O=C(N1CC2COCC2C1)N1OC1c1ccccc1. The van der Waals surface area contributed by atoms with E-state index in [4.69, 9.17) is 9.57 Å². The van der Waals surface area contributed by atoms with E-state index in [0.29, 0.717) is 11.8 Å². The molecule has 3 fully saturated rings. The van der Waals surface area contributed by atoms with Crippen molar-refractivity contribution in [1.29, 1.82) is 0 Å². The third kappa shape index (κ3) is 1.89. The average molecular weight is 260 g/mol. The van der Waals surface area contributed by atoms with Gasteiger partial charge in [-0.2, -0.15) is 5.06 Å². The number of benzene rings is 1. The number of carbonyl (C=O) groups is 1. The Bertz CT molecular complexity index is 481. The molecule has 1 aromatic carbocycles. The Morgan fingerprint density at radius 2 is 1.79 bits per heavy atom. The Morgan fingerprint density at radius 1 is 1.11 bits per heavy atom. The highest BCUT2D eigenvalue weighted by atomic mass is 16.8. The van der Waals surface area contributed by atoms with Crippen molar-refractivity contribution in [3.05, 3.63) is 35.9 Å². The van der Waals surface area contributed by atoms with Crippen molar-refractivity contribution in [3.8, 4) is 0 Å². The zero-order chi connectivity index (χ0) is 12.8. The number of ether oxygens (including phenoxy) is 1. The molecule has 0 bridgehead atoms. The van der Waals surface area contributed by atoms with Crippen molar-refractivity contribution in [2.24, 2.45) is 11.8 Å². The van der Waals surface area contributed by atoms with Crippen LogP contribution in [0.2, 0.25) is 0 Å². The molecule has 0 aromatic heterocycles. The standard InChI is InChI=1S/C14H16N2O3/c17-14(15-6-11-8-18-9-12(11)7-15)16-13(19-16)10-4-2-1-3-5-10/h1-5,11-13H,6-9H2. The summed E-state index contributed by atoms with van der Waals surface area (Å²) >= 11 is 0. The van der Waals surface area contributed by atoms with Gasteiger partial charge in [0.15, 0.2) is 0 Å². The summed E-state index contributed by atoms with van der Waals surface area (Å²) in [6, 6.07) is 9.81. The van der Waals surface area contributed by atoms with Crippen molar-refractivity contribution >= 4 is 6.03 Å². The normalized spacial score (nSPS) is 32.5. The number of amides is 2. The van der Waals surface area contributed by atoms with Gasteiger partial charge in [-0.25, -0.2) is 9.63 Å². The second kappa shape index (κ2) is 4.21. The predicted octanol–water partition coefficient (Wildman–Crippen LogP) is 1.63. The van der Waals surface area contributed by atoms with Gasteiger partial charge in [-0.1, -0.05) is 30.3 Å². The highest BCUT2D eigenvalue weighted by Crippen LogP contribution is 2.39. The van der Waals surface area contributed by atoms with Gasteiger partial charge in [0, 0.05) is 30.5 Å². The van der Waals surface area contributed by atoms with Gasteiger partial charge < -0.3 is 9.64 Å². The van der Waals surface area contributed by atoms with Crippen LogP contribution < -0.4 is 0 Å². The molecule has 100 valence electrons. The molecule has 3 unspecified atom stereocenters. The molecule has 2 amide bonds. The average Bonchev–Trinajstić information content (AvgIpc) is 2.95. The first-order valence-corrected chi connectivity index (χ1v) is 6.70. The number of urea groups is 1. The lowest BCUT2D eigenvalue weighted by atomic mass is 10.0. The van der Waals surface area contributed by atoms with Crippen molar-refractivity contribution in [2.45, 2.75) is 6.23 Å².